The van der Waals surface area contributed by atoms with Crippen molar-refractivity contribution in [3.8, 4) is 0 Å². The van der Waals surface area contributed by atoms with Gasteiger partial charge in [0.25, 0.3) is 0 Å². The van der Waals surface area contributed by atoms with Gasteiger partial charge in [-0.1, -0.05) is 28.1 Å². The Morgan fingerprint density at radius 3 is 2.77 bits per heavy atom. The first kappa shape index (κ1) is 9.99. The maximum Gasteiger partial charge on any atom is 0.241 e. The van der Waals surface area contributed by atoms with E-state index in [9.17, 15) is 4.79 Å². The van der Waals surface area contributed by atoms with E-state index >= 15 is 0 Å². The van der Waals surface area contributed by atoms with Crippen LogP contribution in [0.3, 0.4) is 0 Å². The predicted octanol–water partition coefficient (Wildman–Crippen LogP) is 2.26. The summed E-state index contributed by atoms with van der Waals surface area (Å²) in [6, 6.07) is 5.89. The standard InChI is InChI=1S/C10H10BrNO/c1-7-2-3-8(9(11)6-7)4-5-10(12)13/h2-6H,1H3,(H2,12,13)/b5-4+. The Kier molecular flexibility index (Phi) is 3.25. The molecule has 0 aliphatic heterocycles. The second-order valence-electron chi connectivity index (χ2n) is 2.76. The smallest absolute Gasteiger partial charge is 0.241 e. The molecule has 68 valence electrons. The molecule has 1 amide bonds. The Labute approximate surface area is 85.6 Å². The van der Waals surface area contributed by atoms with Crippen molar-refractivity contribution >= 4 is 27.9 Å². The quantitative estimate of drug-likeness (QED) is 0.791. The monoisotopic (exact) mass is 239 g/mol. The minimum atomic E-state index is -0.438. The number of halogens is 1. The maximum absolute atomic E-state index is 10.5. The van der Waals surface area contributed by atoms with Crippen LogP contribution in [0.5, 0.6) is 0 Å². The lowest BCUT2D eigenvalue weighted by Gasteiger charge is -1.98. The Bertz CT molecular complexity index is 358. The van der Waals surface area contributed by atoms with Crippen LogP contribution < -0.4 is 5.73 Å². The zero-order chi connectivity index (χ0) is 9.84. The third-order valence-corrected chi connectivity index (χ3v) is 2.27. The lowest BCUT2D eigenvalue weighted by Crippen LogP contribution is -2.05. The molecule has 1 rings (SSSR count). The van der Waals surface area contributed by atoms with Gasteiger partial charge in [-0.15, -0.1) is 0 Å². The highest BCUT2D eigenvalue weighted by Gasteiger charge is 1.95. The molecule has 0 radical (unpaired) electrons. The largest absolute Gasteiger partial charge is 0.366 e. The Morgan fingerprint density at radius 2 is 2.23 bits per heavy atom. The number of carbonyl (C=O) groups excluding carboxylic acids is 1. The third kappa shape index (κ3) is 3.03. The average Bonchev–Trinajstić information content (AvgIpc) is 2.02. The molecule has 1 aromatic rings. The van der Waals surface area contributed by atoms with E-state index in [2.05, 4.69) is 15.9 Å². The summed E-state index contributed by atoms with van der Waals surface area (Å²) < 4.78 is 0.963. The fraction of sp³-hybridized carbons (Fsp3) is 0.100. The fourth-order valence-electron chi connectivity index (χ4n) is 0.939. The van der Waals surface area contributed by atoms with Gasteiger partial charge in [0.15, 0.2) is 0 Å². The van der Waals surface area contributed by atoms with Gasteiger partial charge in [0, 0.05) is 10.5 Å². The summed E-state index contributed by atoms with van der Waals surface area (Å²) in [6.07, 6.45) is 3.03. The van der Waals surface area contributed by atoms with Crippen molar-refractivity contribution < 1.29 is 4.79 Å². The van der Waals surface area contributed by atoms with E-state index in [-0.39, 0.29) is 0 Å². The molecule has 0 saturated heterocycles. The van der Waals surface area contributed by atoms with Gasteiger partial charge in [0.05, 0.1) is 0 Å². The van der Waals surface area contributed by atoms with E-state index in [0.29, 0.717) is 0 Å². The molecule has 0 aliphatic rings. The summed E-state index contributed by atoms with van der Waals surface area (Å²) >= 11 is 3.39. The molecule has 3 heteroatoms. The van der Waals surface area contributed by atoms with E-state index in [1.165, 1.54) is 11.6 Å². The van der Waals surface area contributed by atoms with Crippen molar-refractivity contribution in [2.24, 2.45) is 5.73 Å². The van der Waals surface area contributed by atoms with Crippen LogP contribution in [0, 0.1) is 6.92 Å². The van der Waals surface area contributed by atoms with Gasteiger partial charge in [-0.05, 0) is 30.2 Å². The van der Waals surface area contributed by atoms with E-state index in [1.54, 1.807) is 6.08 Å². The highest BCUT2D eigenvalue weighted by Crippen LogP contribution is 2.19. The molecule has 0 unspecified atom stereocenters. The molecule has 0 atom stereocenters. The molecule has 2 nitrogen and oxygen atoms in total. The van der Waals surface area contributed by atoms with Crippen molar-refractivity contribution in [2.45, 2.75) is 6.92 Å². The first-order valence-electron chi connectivity index (χ1n) is 3.83. The van der Waals surface area contributed by atoms with Crippen molar-refractivity contribution in [1.82, 2.24) is 0 Å². The van der Waals surface area contributed by atoms with Gasteiger partial charge in [-0.2, -0.15) is 0 Å². The molecule has 1 aromatic carbocycles. The number of benzene rings is 1. The second kappa shape index (κ2) is 4.23. The van der Waals surface area contributed by atoms with Gasteiger partial charge in [-0.3, -0.25) is 4.79 Å². The van der Waals surface area contributed by atoms with Crippen LogP contribution >= 0.6 is 15.9 Å². The zero-order valence-corrected chi connectivity index (χ0v) is 8.84. The summed E-state index contributed by atoms with van der Waals surface area (Å²) in [5.74, 6) is -0.438. The molecule has 0 fully saturated rings. The molecule has 2 N–H and O–H groups in total. The van der Waals surface area contributed by atoms with Gasteiger partial charge < -0.3 is 5.73 Å². The van der Waals surface area contributed by atoms with Crippen LogP contribution in [0.2, 0.25) is 0 Å². The number of nitrogens with two attached hydrogens (primary N) is 1. The van der Waals surface area contributed by atoms with E-state index in [1.807, 2.05) is 25.1 Å². The van der Waals surface area contributed by atoms with E-state index < -0.39 is 5.91 Å². The summed E-state index contributed by atoms with van der Waals surface area (Å²) in [4.78, 5) is 10.5. The molecule has 0 heterocycles. The van der Waals surface area contributed by atoms with Gasteiger partial charge in [0.2, 0.25) is 5.91 Å². The fourth-order valence-corrected chi connectivity index (χ4v) is 1.56. The topological polar surface area (TPSA) is 43.1 Å². The van der Waals surface area contributed by atoms with Gasteiger partial charge >= 0.3 is 0 Å². The molecule has 0 saturated carbocycles. The second-order valence-corrected chi connectivity index (χ2v) is 3.62. The minimum absolute atomic E-state index is 0.438. The first-order valence-corrected chi connectivity index (χ1v) is 4.62. The zero-order valence-electron chi connectivity index (χ0n) is 7.25. The lowest BCUT2D eigenvalue weighted by atomic mass is 10.1. The third-order valence-electron chi connectivity index (χ3n) is 1.58. The minimum Gasteiger partial charge on any atom is -0.366 e. The molecule has 0 bridgehead atoms. The molecule has 13 heavy (non-hydrogen) atoms. The lowest BCUT2D eigenvalue weighted by molar-refractivity contribution is -0.113. The summed E-state index contributed by atoms with van der Waals surface area (Å²) in [5, 5.41) is 0. The Hall–Kier alpha value is -1.09. The van der Waals surface area contributed by atoms with Gasteiger partial charge in [-0.25, -0.2) is 0 Å². The van der Waals surface area contributed by atoms with Crippen LogP contribution in [0.25, 0.3) is 6.08 Å². The highest BCUT2D eigenvalue weighted by molar-refractivity contribution is 9.10. The number of carbonyl (C=O) groups is 1. The molecular weight excluding hydrogens is 230 g/mol. The molecule has 0 aliphatic carbocycles. The number of hydrogen-bond acceptors (Lipinski definition) is 1. The van der Waals surface area contributed by atoms with Crippen LogP contribution in [0.4, 0.5) is 0 Å². The first-order chi connectivity index (χ1) is 6.09. The number of amides is 1. The van der Waals surface area contributed by atoms with Crippen molar-refractivity contribution in [3.63, 3.8) is 0 Å². The van der Waals surface area contributed by atoms with Gasteiger partial charge in [0.1, 0.15) is 0 Å². The normalized spacial score (nSPS) is 10.6. The molecule has 0 spiro atoms. The van der Waals surface area contributed by atoms with Crippen molar-refractivity contribution in [1.29, 1.82) is 0 Å². The number of hydrogen-bond donors (Lipinski definition) is 1. The highest BCUT2D eigenvalue weighted by atomic mass is 79.9. The summed E-state index contributed by atoms with van der Waals surface area (Å²) in [7, 11) is 0. The predicted molar refractivity (Wildman–Crippen MR) is 57.1 cm³/mol. The average molecular weight is 240 g/mol. The molecular formula is C10H10BrNO. The maximum atomic E-state index is 10.5. The SMILES string of the molecule is Cc1ccc(/C=C/C(N)=O)c(Br)c1. The van der Waals surface area contributed by atoms with E-state index in [4.69, 9.17) is 5.73 Å². The Morgan fingerprint density at radius 1 is 1.54 bits per heavy atom. The van der Waals surface area contributed by atoms with Crippen LogP contribution in [0.1, 0.15) is 11.1 Å². The van der Waals surface area contributed by atoms with Crippen molar-refractivity contribution in [2.75, 3.05) is 0 Å². The summed E-state index contributed by atoms with van der Waals surface area (Å²) in [5.41, 5.74) is 7.10. The Balaban J connectivity index is 2.96. The number of rotatable bonds is 2. The van der Waals surface area contributed by atoms with Crippen molar-refractivity contribution in [3.05, 3.63) is 39.9 Å². The van der Waals surface area contributed by atoms with Crippen LogP contribution in [-0.4, -0.2) is 5.91 Å². The van der Waals surface area contributed by atoms with Crippen LogP contribution in [-0.2, 0) is 4.79 Å². The number of aryl methyl sites for hydroxylation is 1. The summed E-state index contributed by atoms with van der Waals surface area (Å²) in [6.45, 7) is 2.01. The van der Waals surface area contributed by atoms with E-state index in [0.717, 1.165) is 10.0 Å². The molecule has 0 aromatic heterocycles. The number of primary amides is 1. The van der Waals surface area contributed by atoms with Crippen LogP contribution in [0.15, 0.2) is 28.7 Å².